The minimum Gasteiger partial charge on any atom is -0.481 e. The van der Waals surface area contributed by atoms with Crippen LogP contribution < -0.4 is 0 Å². The van der Waals surface area contributed by atoms with E-state index in [4.69, 9.17) is 5.11 Å². The summed E-state index contributed by atoms with van der Waals surface area (Å²) in [7, 11) is 0. The zero-order valence-corrected chi connectivity index (χ0v) is 10.6. The van der Waals surface area contributed by atoms with Gasteiger partial charge in [-0.25, -0.2) is 0 Å². The second-order valence-corrected chi connectivity index (χ2v) is 4.83. The number of carboxylic acid groups (broad SMARTS) is 1. The Morgan fingerprint density at radius 3 is 2.89 bits per heavy atom. The van der Waals surface area contributed by atoms with Crippen molar-refractivity contribution < 1.29 is 9.90 Å². The molecule has 1 unspecified atom stereocenters. The first-order chi connectivity index (χ1) is 8.68. The summed E-state index contributed by atoms with van der Waals surface area (Å²) in [4.78, 5) is 13.7. The molecule has 1 aromatic carbocycles. The summed E-state index contributed by atoms with van der Waals surface area (Å²) in [6.07, 6.45) is 5.12. The summed E-state index contributed by atoms with van der Waals surface area (Å²) < 4.78 is 0. The van der Waals surface area contributed by atoms with Crippen LogP contribution in [0.3, 0.4) is 0 Å². The normalized spacial score (nSPS) is 12.7. The quantitative estimate of drug-likeness (QED) is 0.758. The number of aliphatic carboxylic acids is 1. The maximum Gasteiger partial charge on any atom is 0.303 e. The van der Waals surface area contributed by atoms with Crippen LogP contribution >= 0.6 is 0 Å². The van der Waals surface area contributed by atoms with Gasteiger partial charge in [-0.15, -0.1) is 0 Å². The van der Waals surface area contributed by atoms with Crippen molar-refractivity contribution in [1.82, 2.24) is 4.98 Å². The molecule has 0 fully saturated rings. The van der Waals surface area contributed by atoms with E-state index in [1.54, 1.807) is 0 Å². The molecule has 1 aromatic heterocycles. The van der Waals surface area contributed by atoms with Crippen LogP contribution in [0, 0.1) is 0 Å². The molecule has 2 N–H and O–H groups in total. The molecule has 0 aliphatic heterocycles. The number of hydrogen-bond donors (Lipinski definition) is 2. The predicted octanol–water partition coefficient (Wildman–Crippen LogP) is 3.92. The average Bonchev–Trinajstić information content (AvgIpc) is 2.78. The highest BCUT2D eigenvalue weighted by atomic mass is 16.4. The number of rotatable bonds is 6. The Labute approximate surface area is 107 Å². The van der Waals surface area contributed by atoms with E-state index in [1.165, 1.54) is 16.5 Å². The van der Waals surface area contributed by atoms with Crippen molar-refractivity contribution in [1.29, 1.82) is 0 Å². The number of para-hydroxylation sites is 1. The molecule has 2 rings (SSSR count). The van der Waals surface area contributed by atoms with E-state index in [2.05, 4.69) is 36.3 Å². The van der Waals surface area contributed by atoms with E-state index in [0.29, 0.717) is 5.92 Å². The number of unbranched alkanes of at least 4 members (excludes halogenated alkanes) is 1. The van der Waals surface area contributed by atoms with Crippen LogP contribution in [0.15, 0.2) is 30.5 Å². The van der Waals surface area contributed by atoms with E-state index < -0.39 is 5.97 Å². The average molecular weight is 245 g/mol. The second-order valence-electron chi connectivity index (χ2n) is 4.83. The van der Waals surface area contributed by atoms with Crippen LogP contribution in [-0.2, 0) is 4.79 Å². The minimum atomic E-state index is -0.699. The van der Waals surface area contributed by atoms with Gasteiger partial charge in [0.2, 0.25) is 0 Å². The number of hydrogen-bond acceptors (Lipinski definition) is 1. The van der Waals surface area contributed by atoms with Crippen LogP contribution in [0.2, 0.25) is 0 Å². The number of aromatic nitrogens is 1. The van der Waals surface area contributed by atoms with Crippen LogP contribution in [0.4, 0.5) is 0 Å². The third kappa shape index (κ3) is 2.92. The topological polar surface area (TPSA) is 53.1 Å². The Kier molecular flexibility index (Phi) is 4.03. The SMILES string of the molecule is CC(CCCCC(=O)O)c1c[nH]c2ccccc12. The van der Waals surface area contributed by atoms with Gasteiger partial charge in [-0.1, -0.05) is 31.5 Å². The Balaban J connectivity index is 1.96. The zero-order valence-electron chi connectivity index (χ0n) is 10.6. The lowest BCUT2D eigenvalue weighted by molar-refractivity contribution is -0.137. The molecule has 3 heteroatoms. The molecular weight excluding hydrogens is 226 g/mol. The van der Waals surface area contributed by atoms with Crippen LogP contribution in [-0.4, -0.2) is 16.1 Å². The van der Waals surface area contributed by atoms with Crippen molar-refractivity contribution in [3.63, 3.8) is 0 Å². The third-order valence-electron chi connectivity index (χ3n) is 3.43. The number of nitrogens with one attached hydrogen (secondary N) is 1. The fraction of sp³-hybridized carbons (Fsp3) is 0.400. The molecule has 0 saturated heterocycles. The van der Waals surface area contributed by atoms with Crippen LogP contribution in [0.1, 0.15) is 44.1 Å². The van der Waals surface area contributed by atoms with Crippen molar-refractivity contribution >= 4 is 16.9 Å². The van der Waals surface area contributed by atoms with Gasteiger partial charge in [0, 0.05) is 23.5 Å². The predicted molar refractivity (Wildman–Crippen MR) is 72.8 cm³/mol. The van der Waals surface area contributed by atoms with Gasteiger partial charge in [0.1, 0.15) is 0 Å². The Hall–Kier alpha value is -1.77. The van der Waals surface area contributed by atoms with Gasteiger partial charge in [0.15, 0.2) is 0 Å². The number of fused-ring (bicyclic) bond motifs is 1. The first-order valence-corrected chi connectivity index (χ1v) is 6.46. The van der Waals surface area contributed by atoms with Crippen molar-refractivity contribution in [2.45, 2.75) is 38.5 Å². The number of benzene rings is 1. The fourth-order valence-corrected chi connectivity index (χ4v) is 2.38. The number of aromatic amines is 1. The fourth-order valence-electron chi connectivity index (χ4n) is 2.38. The molecule has 18 heavy (non-hydrogen) atoms. The summed E-state index contributed by atoms with van der Waals surface area (Å²) in [6, 6.07) is 8.29. The first kappa shape index (κ1) is 12.7. The summed E-state index contributed by atoms with van der Waals surface area (Å²) in [5, 5.41) is 9.88. The van der Waals surface area contributed by atoms with E-state index in [1.807, 2.05) is 6.07 Å². The summed E-state index contributed by atoms with van der Waals surface area (Å²) in [6.45, 7) is 2.20. The summed E-state index contributed by atoms with van der Waals surface area (Å²) >= 11 is 0. The van der Waals surface area contributed by atoms with Crippen LogP contribution in [0.25, 0.3) is 10.9 Å². The van der Waals surface area contributed by atoms with Crippen molar-refractivity contribution in [2.24, 2.45) is 0 Å². The number of H-pyrrole nitrogens is 1. The molecule has 0 spiro atoms. The van der Waals surface area contributed by atoms with E-state index in [9.17, 15) is 4.79 Å². The number of carboxylic acids is 1. The second kappa shape index (κ2) is 5.71. The third-order valence-corrected chi connectivity index (χ3v) is 3.43. The molecule has 0 radical (unpaired) electrons. The monoisotopic (exact) mass is 245 g/mol. The lowest BCUT2D eigenvalue weighted by Crippen LogP contribution is -1.96. The zero-order chi connectivity index (χ0) is 13.0. The Bertz CT molecular complexity index is 530. The smallest absolute Gasteiger partial charge is 0.303 e. The molecule has 3 nitrogen and oxygen atoms in total. The molecule has 0 amide bonds. The molecule has 0 bridgehead atoms. The molecule has 0 saturated carbocycles. The first-order valence-electron chi connectivity index (χ1n) is 6.46. The van der Waals surface area contributed by atoms with Gasteiger partial charge in [-0.3, -0.25) is 4.79 Å². The van der Waals surface area contributed by atoms with Gasteiger partial charge < -0.3 is 10.1 Å². The van der Waals surface area contributed by atoms with E-state index in [0.717, 1.165) is 19.3 Å². The molecule has 2 aromatic rings. The molecule has 0 aliphatic rings. The maximum absolute atomic E-state index is 10.4. The van der Waals surface area contributed by atoms with Gasteiger partial charge >= 0.3 is 5.97 Å². The van der Waals surface area contributed by atoms with Crippen molar-refractivity contribution in [3.8, 4) is 0 Å². The standard InChI is InChI=1S/C15H19NO2/c1-11(6-2-5-9-15(17)18)13-10-16-14-8-4-3-7-12(13)14/h3-4,7-8,10-11,16H,2,5-6,9H2,1H3,(H,17,18). The lowest BCUT2D eigenvalue weighted by Gasteiger charge is -2.09. The van der Waals surface area contributed by atoms with Crippen LogP contribution in [0.5, 0.6) is 0 Å². The molecule has 1 heterocycles. The molecule has 1 atom stereocenters. The summed E-state index contributed by atoms with van der Waals surface area (Å²) in [5.41, 5.74) is 2.51. The lowest BCUT2D eigenvalue weighted by atomic mass is 9.95. The maximum atomic E-state index is 10.4. The van der Waals surface area contributed by atoms with Crippen molar-refractivity contribution in [2.75, 3.05) is 0 Å². The number of carbonyl (C=O) groups is 1. The highest BCUT2D eigenvalue weighted by Gasteiger charge is 2.10. The molecule has 96 valence electrons. The van der Waals surface area contributed by atoms with Gasteiger partial charge in [0.05, 0.1) is 0 Å². The van der Waals surface area contributed by atoms with E-state index >= 15 is 0 Å². The molecular formula is C15H19NO2. The van der Waals surface area contributed by atoms with Gasteiger partial charge in [-0.05, 0) is 30.4 Å². The largest absolute Gasteiger partial charge is 0.481 e. The van der Waals surface area contributed by atoms with Gasteiger partial charge in [0.25, 0.3) is 0 Å². The Morgan fingerprint density at radius 1 is 1.33 bits per heavy atom. The van der Waals surface area contributed by atoms with Crippen molar-refractivity contribution in [3.05, 3.63) is 36.0 Å². The van der Waals surface area contributed by atoms with E-state index in [-0.39, 0.29) is 6.42 Å². The summed E-state index contributed by atoms with van der Waals surface area (Å²) in [5.74, 6) is -0.232. The van der Waals surface area contributed by atoms with Gasteiger partial charge in [-0.2, -0.15) is 0 Å². The Morgan fingerprint density at radius 2 is 2.11 bits per heavy atom. The molecule has 0 aliphatic carbocycles. The highest BCUT2D eigenvalue weighted by Crippen LogP contribution is 2.28. The highest BCUT2D eigenvalue weighted by molar-refractivity contribution is 5.83. The minimum absolute atomic E-state index is 0.278.